The molecule has 0 saturated carbocycles. The van der Waals surface area contributed by atoms with Crippen LogP contribution in [0.2, 0.25) is 1.43 Å². The predicted octanol–water partition coefficient (Wildman–Crippen LogP) is 1.25. The van der Waals surface area contributed by atoms with Crippen LogP contribution in [0.5, 0.6) is 0 Å². The summed E-state index contributed by atoms with van der Waals surface area (Å²) in [7, 11) is 0. The molecule has 0 saturated heterocycles. The van der Waals surface area contributed by atoms with Crippen molar-refractivity contribution in [3.63, 3.8) is 0 Å². The smallest absolute Gasteiger partial charge is 0.330 e. The van der Waals surface area contributed by atoms with E-state index in [0.29, 0.717) is 0 Å². The minimum atomic E-state index is -2.44. The van der Waals surface area contributed by atoms with Crippen molar-refractivity contribution >= 4 is 5.71 Å². The highest BCUT2D eigenvalue weighted by molar-refractivity contribution is 5.80. The summed E-state index contributed by atoms with van der Waals surface area (Å²) in [5.41, 5.74) is -0.410. The number of nitrogens with zero attached hydrogens (tertiary/aromatic N) is 1. The molecule has 0 aliphatic heterocycles. The van der Waals surface area contributed by atoms with Crippen molar-refractivity contribution in [2.75, 3.05) is 0 Å². The quantitative estimate of drug-likeness (QED) is 0.310. The Balaban J connectivity index is 4.49. The Morgan fingerprint density at radius 1 is 2.50 bits per heavy atom. The van der Waals surface area contributed by atoms with Gasteiger partial charge in [0.25, 0.3) is 0 Å². The first-order valence-electron chi connectivity index (χ1n) is 4.01. The Hall–Kier alpha value is -0.530. The summed E-state index contributed by atoms with van der Waals surface area (Å²) in [6.45, 7) is -1.09. The van der Waals surface area contributed by atoms with E-state index in [4.69, 9.17) is 6.91 Å². The fourth-order valence-electron chi connectivity index (χ4n) is 0.0527. The van der Waals surface area contributed by atoms with Crippen LogP contribution in [0.1, 0.15) is 25.7 Å². The first-order valence-corrected chi connectivity index (χ1v) is 1.52. The first-order chi connectivity index (χ1) is 4.89. The van der Waals surface area contributed by atoms with Gasteiger partial charge in [0.15, 0.2) is 0 Å². The topological polar surface area (TPSA) is 32.6 Å². The third-order valence-corrected chi connectivity index (χ3v) is 0.372. The second-order valence-electron chi connectivity index (χ2n) is 0.765. The van der Waals surface area contributed by atoms with Crippen molar-refractivity contribution in [3.8, 4) is 0 Å². The highest BCUT2D eigenvalue weighted by Gasteiger charge is 1.77. The molecule has 0 aromatic rings. The van der Waals surface area contributed by atoms with Crippen LogP contribution in [-0.4, -0.2) is 10.9 Å². The van der Waals surface area contributed by atoms with Crippen molar-refractivity contribution in [2.24, 2.45) is 5.16 Å². The van der Waals surface area contributed by atoms with Crippen molar-refractivity contribution < 1.29 is 12.1 Å². The average Bonchev–Trinajstić information content (AvgIpc) is 1.79. The zero-order valence-electron chi connectivity index (χ0n) is 8.43. The summed E-state index contributed by atoms with van der Waals surface area (Å²) in [5.74, 6) is 0. The molecule has 2 nitrogen and oxygen atoms in total. The molecule has 0 spiro atoms. The van der Waals surface area contributed by atoms with Crippen molar-refractivity contribution in [1.29, 1.82) is 0 Å². The van der Waals surface area contributed by atoms with Gasteiger partial charge < -0.3 is 5.21 Å². The first kappa shape index (κ1) is 1.22. The van der Waals surface area contributed by atoms with Gasteiger partial charge >= 0.3 is 1.43 Å². The maximum absolute atomic E-state index is 7.04. The summed E-state index contributed by atoms with van der Waals surface area (Å²) in [6.07, 6.45) is -0.979. The Kier molecular flexibility index (Phi) is 0.547. The molecule has 2 heteroatoms. The maximum atomic E-state index is 7.04. The predicted molar refractivity (Wildman–Crippen MR) is 25.2 cm³/mol. The molecule has 0 heterocycles. The van der Waals surface area contributed by atoms with Gasteiger partial charge in [0.05, 0.1) is 5.71 Å². The third-order valence-electron chi connectivity index (χ3n) is 0.372. The molecular formula is C4H9NO. The minimum absolute atomic E-state index is 0.410. The van der Waals surface area contributed by atoms with E-state index >= 15 is 0 Å². The average molecular weight is 92.2 g/mol. The molecule has 0 rings (SSSR count). The van der Waals surface area contributed by atoms with E-state index in [1.54, 1.807) is 0 Å². The molecule has 0 radical (unpaired) electrons. The minimum Gasteiger partial charge on any atom is -0.411 e. The van der Waals surface area contributed by atoms with Crippen molar-refractivity contribution in [3.05, 3.63) is 0 Å². The zero-order valence-corrected chi connectivity index (χ0v) is 3.43. The van der Waals surface area contributed by atoms with Crippen molar-refractivity contribution in [1.82, 2.24) is 0 Å². The molecular weight excluding hydrogens is 78.0 g/mol. The van der Waals surface area contributed by atoms with Gasteiger partial charge in [-0.2, -0.15) is 0 Å². The number of hydrogen-bond donors (Lipinski definition) is 1. The summed E-state index contributed by atoms with van der Waals surface area (Å²) in [6, 6.07) is 0. The molecule has 0 aliphatic carbocycles. The fraction of sp³-hybridized carbons (Fsp3) is 0.750. The van der Waals surface area contributed by atoms with Crippen LogP contribution < -0.4 is 0 Å². The highest BCUT2D eigenvalue weighted by atomic mass is 16.4. The Morgan fingerprint density at radius 2 is 3.33 bits per heavy atom. The molecule has 1 N–H and O–H groups in total. The largest absolute Gasteiger partial charge is 0.411 e. The maximum Gasteiger partial charge on any atom is 0.330 e. The SMILES string of the molecule is [2H]O/N=C(/C([2H])C)C([2H])([2H])[2H]. The molecule has 0 amide bonds. The van der Waals surface area contributed by atoms with Crippen LogP contribution in [0, 0.1) is 0 Å². The number of hydrogen-bond acceptors (Lipinski definition) is 2. The Morgan fingerprint density at radius 3 is 3.50 bits per heavy atom. The lowest BCUT2D eigenvalue weighted by Gasteiger charge is -1.81. The van der Waals surface area contributed by atoms with Crippen LogP contribution in [0.15, 0.2) is 5.16 Å². The summed E-state index contributed by atoms with van der Waals surface area (Å²) >= 11 is 0. The van der Waals surface area contributed by atoms with Crippen molar-refractivity contribution in [2.45, 2.75) is 20.2 Å². The molecule has 1 atom stereocenters. The van der Waals surface area contributed by atoms with E-state index in [0.717, 1.165) is 0 Å². The van der Waals surface area contributed by atoms with Crippen LogP contribution in [0.25, 0.3) is 0 Å². The van der Waals surface area contributed by atoms with Crippen LogP contribution in [0.3, 0.4) is 0 Å². The van der Waals surface area contributed by atoms with E-state index in [-0.39, 0.29) is 0 Å². The Labute approximate surface area is 44.6 Å². The van der Waals surface area contributed by atoms with E-state index in [2.05, 4.69) is 10.4 Å². The lowest BCUT2D eigenvalue weighted by molar-refractivity contribution is 0.317. The van der Waals surface area contributed by atoms with Gasteiger partial charge in [-0.15, -0.1) is 0 Å². The van der Waals surface area contributed by atoms with E-state index in [1.807, 2.05) is 0 Å². The van der Waals surface area contributed by atoms with E-state index in [9.17, 15) is 0 Å². The fourth-order valence-corrected chi connectivity index (χ4v) is 0.0527. The van der Waals surface area contributed by atoms with E-state index < -0.39 is 19.0 Å². The number of oxime groups is 1. The van der Waals surface area contributed by atoms with Crippen LogP contribution in [-0.2, 0) is 0 Å². The molecule has 1 unspecified atom stereocenters. The van der Waals surface area contributed by atoms with Gasteiger partial charge in [-0.25, -0.2) is 0 Å². The van der Waals surface area contributed by atoms with Gasteiger partial charge in [-0.3, -0.25) is 0 Å². The standard InChI is InChI=1S/C4H9NO/c1-3-4(2)5-6/h6H,3H2,1-2H3/b5-4+/i2D3,3D/hD. The molecule has 0 bridgehead atoms. The highest BCUT2D eigenvalue weighted by Crippen LogP contribution is 1.78. The third kappa shape index (κ3) is 1.76. The zero-order chi connectivity index (χ0) is 9.07. The lowest BCUT2D eigenvalue weighted by Crippen LogP contribution is -1.83. The molecule has 0 fully saturated rings. The van der Waals surface area contributed by atoms with Gasteiger partial charge in [-0.05, 0) is 13.2 Å². The van der Waals surface area contributed by atoms with Gasteiger partial charge in [0.1, 0.15) is 0 Å². The summed E-state index contributed by atoms with van der Waals surface area (Å²) in [4.78, 5) is 0. The second-order valence-corrected chi connectivity index (χ2v) is 0.765. The van der Waals surface area contributed by atoms with E-state index in [1.165, 1.54) is 6.92 Å². The lowest BCUT2D eigenvalue weighted by atomic mass is 10.3. The van der Waals surface area contributed by atoms with Crippen LogP contribution in [0.4, 0.5) is 0 Å². The van der Waals surface area contributed by atoms with Crippen LogP contribution >= 0.6 is 0 Å². The molecule has 36 valence electrons. The summed E-state index contributed by atoms with van der Waals surface area (Å²) in [5, 5.41) is 6.48. The molecule has 6 heavy (non-hydrogen) atoms. The monoisotopic (exact) mass is 92.1 g/mol. The second kappa shape index (κ2) is 2.69. The van der Waals surface area contributed by atoms with Gasteiger partial charge in [0, 0.05) is 5.48 Å². The molecule has 0 aliphatic rings. The Bertz CT molecular complexity index is 151. The number of rotatable bonds is 2. The summed E-state index contributed by atoms with van der Waals surface area (Å²) < 4.78 is 33.8. The molecule has 0 aromatic heterocycles. The normalized spacial score (nSPS) is 30.8. The van der Waals surface area contributed by atoms with Gasteiger partial charge in [0.2, 0.25) is 0 Å². The van der Waals surface area contributed by atoms with Gasteiger partial charge in [-0.1, -0.05) is 12.1 Å². The molecule has 0 aromatic carbocycles.